The Hall–Kier alpha value is -3.76. The maximum Gasteiger partial charge on any atom is 0.329 e. The van der Waals surface area contributed by atoms with Crippen LogP contribution < -0.4 is 10.1 Å². The Kier molecular flexibility index (Phi) is 6.37. The molecule has 0 aromatic heterocycles. The SMILES string of the molecule is O=C(O)C1(Nc2cccc(Cl)c2)CCC2(CC1)c1ccccc1CC2c1cccc(Oc2ccccc2)c1. The summed E-state index contributed by atoms with van der Waals surface area (Å²) in [5, 5.41) is 14.3. The quantitative estimate of drug-likeness (QED) is 0.267. The number of carboxylic acids is 1. The number of halogens is 1. The molecule has 4 aromatic carbocycles. The summed E-state index contributed by atoms with van der Waals surface area (Å²) in [5.41, 5.74) is 3.54. The predicted octanol–water partition coefficient (Wildman–Crippen LogP) is 8.22. The highest BCUT2D eigenvalue weighted by Gasteiger charge is 2.54. The van der Waals surface area contributed by atoms with Gasteiger partial charge in [0.1, 0.15) is 17.0 Å². The first-order valence-electron chi connectivity index (χ1n) is 13.2. The van der Waals surface area contributed by atoms with Gasteiger partial charge in [0.25, 0.3) is 0 Å². The standard InChI is InChI=1S/C33H30ClNO3/c34-25-10-7-11-26(22-25)35-33(31(36)37)18-16-32(17-19-33)29-15-5-4-8-24(29)21-30(32)23-9-6-14-28(20-23)38-27-12-2-1-3-13-27/h1-15,20,22,30,35H,16-19,21H2,(H,36,37). The highest BCUT2D eigenvalue weighted by molar-refractivity contribution is 6.30. The number of ether oxygens (including phenoxy) is 1. The summed E-state index contributed by atoms with van der Waals surface area (Å²) in [6.45, 7) is 0. The minimum atomic E-state index is -1.03. The lowest BCUT2D eigenvalue weighted by atomic mass is 9.59. The van der Waals surface area contributed by atoms with E-state index in [1.807, 2.05) is 48.5 Å². The third-order valence-electron chi connectivity index (χ3n) is 8.50. The number of aliphatic carboxylic acids is 1. The molecule has 2 aliphatic rings. The van der Waals surface area contributed by atoms with Crippen LogP contribution >= 0.6 is 11.6 Å². The molecule has 6 rings (SSSR count). The zero-order valence-electron chi connectivity index (χ0n) is 21.1. The van der Waals surface area contributed by atoms with Crippen molar-refractivity contribution < 1.29 is 14.6 Å². The van der Waals surface area contributed by atoms with Gasteiger partial charge < -0.3 is 15.2 Å². The Morgan fingerprint density at radius 3 is 2.29 bits per heavy atom. The van der Waals surface area contributed by atoms with Gasteiger partial charge in [0.15, 0.2) is 0 Å². The number of fused-ring (bicyclic) bond motifs is 2. The van der Waals surface area contributed by atoms with Crippen LogP contribution in [0, 0.1) is 0 Å². The molecule has 2 aliphatic carbocycles. The fourth-order valence-corrected chi connectivity index (χ4v) is 6.81. The van der Waals surface area contributed by atoms with E-state index in [0.717, 1.165) is 36.4 Å². The second kappa shape index (κ2) is 9.85. The van der Waals surface area contributed by atoms with Crippen LogP contribution in [0.2, 0.25) is 5.02 Å². The Balaban J connectivity index is 1.33. The number of anilines is 1. The van der Waals surface area contributed by atoms with Gasteiger partial charge in [0.2, 0.25) is 0 Å². The molecule has 1 unspecified atom stereocenters. The molecule has 38 heavy (non-hydrogen) atoms. The van der Waals surface area contributed by atoms with Crippen LogP contribution in [0.25, 0.3) is 0 Å². The number of carboxylic acid groups (broad SMARTS) is 1. The van der Waals surface area contributed by atoms with Crippen LogP contribution in [0.15, 0.2) is 103 Å². The molecule has 0 saturated heterocycles. The van der Waals surface area contributed by atoms with E-state index in [4.69, 9.17) is 16.3 Å². The molecule has 4 aromatic rings. The third-order valence-corrected chi connectivity index (χ3v) is 8.73. The average Bonchev–Trinajstić information content (AvgIpc) is 3.25. The molecule has 1 atom stereocenters. The summed E-state index contributed by atoms with van der Waals surface area (Å²) < 4.78 is 6.17. The van der Waals surface area contributed by atoms with Crippen molar-refractivity contribution in [3.63, 3.8) is 0 Å². The molecule has 2 N–H and O–H groups in total. The van der Waals surface area contributed by atoms with Gasteiger partial charge in [-0.15, -0.1) is 0 Å². The van der Waals surface area contributed by atoms with Crippen molar-refractivity contribution in [1.29, 1.82) is 0 Å². The first kappa shape index (κ1) is 24.6. The molecule has 1 fully saturated rings. The largest absolute Gasteiger partial charge is 0.480 e. The van der Waals surface area contributed by atoms with Crippen LogP contribution in [-0.4, -0.2) is 16.6 Å². The number of para-hydroxylation sites is 1. The molecule has 0 amide bonds. The van der Waals surface area contributed by atoms with Gasteiger partial charge in [-0.1, -0.05) is 72.3 Å². The molecule has 0 bridgehead atoms. The van der Waals surface area contributed by atoms with Crippen LogP contribution in [0.5, 0.6) is 11.5 Å². The van der Waals surface area contributed by atoms with E-state index in [9.17, 15) is 9.90 Å². The summed E-state index contributed by atoms with van der Waals surface area (Å²) in [6.07, 6.45) is 3.54. The van der Waals surface area contributed by atoms with Gasteiger partial charge in [-0.2, -0.15) is 0 Å². The number of rotatable bonds is 6. The fraction of sp³-hybridized carbons (Fsp3) is 0.242. The summed E-state index contributed by atoms with van der Waals surface area (Å²) in [5.74, 6) is 1.06. The highest BCUT2D eigenvalue weighted by atomic mass is 35.5. The molecule has 1 spiro atoms. The second-order valence-corrected chi connectivity index (χ2v) is 11.0. The van der Waals surface area contributed by atoms with Crippen LogP contribution in [-0.2, 0) is 16.6 Å². The summed E-state index contributed by atoms with van der Waals surface area (Å²) in [4.78, 5) is 12.7. The van der Waals surface area contributed by atoms with Crippen molar-refractivity contribution in [3.05, 3.63) is 125 Å². The minimum Gasteiger partial charge on any atom is -0.480 e. The van der Waals surface area contributed by atoms with Gasteiger partial charge in [-0.25, -0.2) is 4.79 Å². The van der Waals surface area contributed by atoms with Crippen LogP contribution in [0.3, 0.4) is 0 Å². The number of carbonyl (C=O) groups is 1. The molecule has 5 heteroatoms. The third kappa shape index (κ3) is 4.43. The Labute approximate surface area is 228 Å². The van der Waals surface area contributed by atoms with Gasteiger partial charge >= 0.3 is 5.97 Å². The van der Waals surface area contributed by atoms with E-state index < -0.39 is 11.5 Å². The lowest BCUT2D eigenvalue weighted by Gasteiger charge is -2.47. The predicted molar refractivity (Wildman–Crippen MR) is 151 cm³/mol. The molecule has 192 valence electrons. The van der Waals surface area contributed by atoms with E-state index in [1.54, 1.807) is 12.1 Å². The Morgan fingerprint density at radius 1 is 0.816 bits per heavy atom. The summed E-state index contributed by atoms with van der Waals surface area (Å²) in [7, 11) is 0. The molecule has 0 radical (unpaired) electrons. The first-order chi connectivity index (χ1) is 18.5. The smallest absolute Gasteiger partial charge is 0.329 e. The van der Waals surface area contributed by atoms with Crippen molar-refractivity contribution in [1.82, 2.24) is 0 Å². The number of hydrogen-bond acceptors (Lipinski definition) is 3. The lowest BCUT2D eigenvalue weighted by Crippen LogP contribution is -2.52. The lowest BCUT2D eigenvalue weighted by molar-refractivity contribution is -0.144. The number of nitrogens with one attached hydrogen (secondary N) is 1. The normalized spacial score (nSPS) is 24.1. The minimum absolute atomic E-state index is 0.128. The molecule has 1 saturated carbocycles. The van der Waals surface area contributed by atoms with Crippen molar-refractivity contribution >= 4 is 23.3 Å². The first-order valence-corrected chi connectivity index (χ1v) is 13.5. The van der Waals surface area contributed by atoms with E-state index in [0.29, 0.717) is 17.9 Å². The average molecular weight is 524 g/mol. The van der Waals surface area contributed by atoms with Gasteiger partial charge in [0.05, 0.1) is 0 Å². The van der Waals surface area contributed by atoms with E-state index in [-0.39, 0.29) is 11.3 Å². The number of benzene rings is 4. The Morgan fingerprint density at radius 2 is 1.53 bits per heavy atom. The van der Waals surface area contributed by atoms with Gasteiger partial charge in [-0.3, -0.25) is 0 Å². The number of hydrogen-bond donors (Lipinski definition) is 2. The summed E-state index contributed by atoms with van der Waals surface area (Å²) >= 11 is 6.20. The van der Waals surface area contributed by atoms with Crippen molar-refractivity contribution in [2.75, 3.05) is 5.32 Å². The zero-order valence-corrected chi connectivity index (χ0v) is 21.8. The van der Waals surface area contributed by atoms with Crippen molar-refractivity contribution in [2.24, 2.45) is 0 Å². The van der Waals surface area contributed by atoms with Gasteiger partial charge in [0, 0.05) is 16.1 Å². The molecule has 4 nitrogen and oxygen atoms in total. The summed E-state index contributed by atoms with van der Waals surface area (Å²) in [6, 6.07) is 34.3. The molecular weight excluding hydrogens is 494 g/mol. The Bertz CT molecular complexity index is 1460. The maximum atomic E-state index is 12.7. The van der Waals surface area contributed by atoms with Crippen LogP contribution in [0.1, 0.15) is 48.3 Å². The van der Waals surface area contributed by atoms with E-state index in [2.05, 4.69) is 47.8 Å². The molecule has 0 aliphatic heterocycles. The monoisotopic (exact) mass is 523 g/mol. The van der Waals surface area contributed by atoms with Crippen molar-refractivity contribution in [2.45, 2.75) is 49.0 Å². The fourth-order valence-electron chi connectivity index (χ4n) is 6.62. The van der Waals surface area contributed by atoms with Crippen molar-refractivity contribution in [3.8, 4) is 11.5 Å². The van der Waals surface area contributed by atoms with E-state index in [1.165, 1.54) is 16.7 Å². The topological polar surface area (TPSA) is 58.6 Å². The molecule has 0 heterocycles. The zero-order chi connectivity index (χ0) is 26.2. The second-order valence-electron chi connectivity index (χ2n) is 10.6. The van der Waals surface area contributed by atoms with Gasteiger partial charge in [-0.05, 0) is 97.2 Å². The highest BCUT2D eigenvalue weighted by Crippen LogP contribution is 2.58. The van der Waals surface area contributed by atoms with Crippen LogP contribution in [0.4, 0.5) is 5.69 Å². The maximum absolute atomic E-state index is 12.7. The molecular formula is C33H30ClNO3. The van der Waals surface area contributed by atoms with E-state index >= 15 is 0 Å².